The summed E-state index contributed by atoms with van der Waals surface area (Å²) in [5, 5.41) is 12.0. The van der Waals surface area contributed by atoms with E-state index in [4.69, 9.17) is 0 Å². The minimum Gasteiger partial charge on any atom is -0.337 e. The third kappa shape index (κ3) is 4.25. The molecule has 1 aliphatic heterocycles. The number of nitrogens with one attached hydrogen (secondary N) is 1. The Morgan fingerprint density at radius 2 is 1.91 bits per heavy atom. The van der Waals surface area contributed by atoms with Gasteiger partial charge in [-0.1, -0.05) is 18.3 Å². The third-order valence-electron chi connectivity index (χ3n) is 4.06. The maximum atomic E-state index is 12.3. The van der Waals surface area contributed by atoms with E-state index in [1.807, 2.05) is 11.8 Å². The first-order chi connectivity index (χ1) is 10.5. The van der Waals surface area contributed by atoms with Gasteiger partial charge >= 0.3 is 0 Å². The van der Waals surface area contributed by atoms with Crippen molar-refractivity contribution in [3.8, 4) is 0 Å². The first-order valence-electron chi connectivity index (χ1n) is 7.94. The zero-order valence-electron chi connectivity index (χ0n) is 13.5. The van der Waals surface area contributed by atoms with Crippen molar-refractivity contribution in [1.29, 1.82) is 0 Å². The molecule has 0 radical (unpaired) electrons. The Morgan fingerprint density at radius 1 is 1.23 bits per heavy atom. The largest absolute Gasteiger partial charge is 0.337 e. The Balaban J connectivity index is 1.81. The fraction of sp³-hybridized carbons (Fsp3) is 0.733. The van der Waals surface area contributed by atoms with Gasteiger partial charge in [0.2, 0.25) is 16.9 Å². The highest BCUT2D eigenvalue weighted by atomic mass is 32.1. The number of carbonyl (C=O) groups is 2. The number of nitrogens with zero attached hydrogens (tertiary/aromatic N) is 3. The van der Waals surface area contributed by atoms with Crippen LogP contribution in [0.5, 0.6) is 0 Å². The van der Waals surface area contributed by atoms with Crippen LogP contribution in [0.3, 0.4) is 0 Å². The Hall–Kier alpha value is -1.50. The number of hydrogen-bond acceptors (Lipinski definition) is 5. The molecule has 0 saturated carbocycles. The molecule has 0 spiro atoms. The van der Waals surface area contributed by atoms with Crippen LogP contribution in [0.2, 0.25) is 0 Å². The molecule has 1 aromatic heterocycles. The smallest absolute Gasteiger partial charge is 0.226 e. The molecule has 2 heterocycles. The zero-order chi connectivity index (χ0) is 16.1. The predicted octanol–water partition coefficient (Wildman–Crippen LogP) is 2.61. The van der Waals surface area contributed by atoms with Gasteiger partial charge in [0.1, 0.15) is 5.01 Å². The molecule has 2 amide bonds. The lowest BCUT2D eigenvalue weighted by atomic mass is 9.97. The summed E-state index contributed by atoms with van der Waals surface area (Å²) in [5.41, 5.74) is 0. The summed E-state index contributed by atoms with van der Waals surface area (Å²) in [6, 6.07) is 0.546. The Bertz CT molecular complexity index is 521. The van der Waals surface area contributed by atoms with Crippen LogP contribution < -0.4 is 5.32 Å². The molecule has 2 atom stereocenters. The van der Waals surface area contributed by atoms with Gasteiger partial charge in [-0.05, 0) is 39.5 Å². The van der Waals surface area contributed by atoms with E-state index in [2.05, 4.69) is 29.4 Å². The van der Waals surface area contributed by atoms with Gasteiger partial charge < -0.3 is 10.2 Å². The van der Waals surface area contributed by atoms with Crippen LogP contribution in [-0.2, 0) is 16.0 Å². The van der Waals surface area contributed by atoms with Gasteiger partial charge in [-0.3, -0.25) is 9.59 Å². The first-order valence-corrected chi connectivity index (χ1v) is 8.76. The lowest BCUT2D eigenvalue weighted by Crippen LogP contribution is -2.47. The molecular formula is C15H24N4O2S. The molecule has 0 aromatic carbocycles. The van der Waals surface area contributed by atoms with Gasteiger partial charge in [0, 0.05) is 24.9 Å². The van der Waals surface area contributed by atoms with Crippen molar-refractivity contribution in [2.75, 3.05) is 5.32 Å². The highest BCUT2D eigenvalue weighted by molar-refractivity contribution is 7.15. The van der Waals surface area contributed by atoms with Crippen molar-refractivity contribution in [1.82, 2.24) is 15.1 Å². The number of aromatic nitrogens is 2. The molecule has 0 unspecified atom stereocenters. The second-order valence-corrected chi connectivity index (χ2v) is 6.89. The van der Waals surface area contributed by atoms with E-state index >= 15 is 0 Å². The summed E-state index contributed by atoms with van der Waals surface area (Å²) >= 11 is 1.37. The summed E-state index contributed by atoms with van der Waals surface area (Å²) in [5.74, 6) is -0.106. The maximum Gasteiger partial charge on any atom is 0.226 e. The summed E-state index contributed by atoms with van der Waals surface area (Å²) in [6.07, 6.45) is 4.51. The average Bonchev–Trinajstić information content (AvgIpc) is 2.92. The van der Waals surface area contributed by atoms with E-state index in [0.29, 0.717) is 5.13 Å². The number of aryl methyl sites for hydroxylation is 1. The molecule has 2 rings (SSSR count). The highest BCUT2D eigenvalue weighted by Gasteiger charge is 2.28. The van der Waals surface area contributed by atoms with Crippen molar-refractivity contribution in [2.45, 2.75) is 71.4 Å². The molecule has 7 heteroatoms. The van der Waals surface area contributed by atoms with Crippen molar-refractivity contribution in [2.24, 2.45) is 0 Å². The fourth-order valence-corrected chi connectivity index (χ4v) is 3.59. The molecule has 1 N–H and O–H groups in total. The molecular weight excluding hydrogens is 300 g/mol. The number of likely N-dealkylation sites (tertiary alicyclic amines) is 1. The van der Waals surface area contributed by atoms with Crippen molar-refractivity contribution in [3.05, 3.63) is 5.01 Å². The highest BCUT2D eigenvalue weighted by Crippen LogP contribution is 2.23. The van der Waals surface area contributed by atoms with Crippen LogP contribution in [0.1, 0.15) is 57.9 Å². The number of carbonyl (C=O) groups excluding carboxylic acids is 2. The summed E-state index contributed by atoms with van der Waals surface area (Å²) in [6.45, 7) is 6.16. The van der Waals surface area contributed by atoms with Crippen LogP contribution >= 0.6 is 11.3 Å². The van der Waals surface area contributed by atoms with Crippen LogP contribution in [0.4, 0.5) is 5.13 Å². The summed E-state index contributed by atoms with van der Waals surface area (Å²) < 4.78 is 0. The second-order valence-electron chi connectivity index (χ2n) is 5.83. The van der Waals surface area contributed by atoms with Crippen LogP contribution in [-0.4, -0.2) is 39.0 Å². The standard InChI is InChI=1S/C15H24N4O2S/c1-4-13-17-18-15(22-13)16-12(20)8-9-14(21)19-10(2)6-5-7-11(19)3/h10-11H,4-9H2,1-3H3,(H,16,18,20)/t10-,11+. The van der Waals surface area contributed by atoms with Gasteiger partial charge in [0.05, 0.1) is 0 Å². The van der Waals surface area contributed by atoms with Crippen molar-refractivity contribution >= 4 is 28.3 Å². The van der Waals surface area contributed by atoms with E-state index < -0.39 is 0 Å². The van der Waals surface area contributed by atoms with Crippen LogP contribution in [0.15, 0.2) is 0 Å². The van der Waals surface area contributed by atoms with E-state index in [-0.39, 0.29) is 36.7 Å². The monoisotopic (exact) mass is 324 g/mol. The topological polar surface area (TPSA) is 75.2 Å². The molecule has 6 nitrogen and oxygen atoms in total. The van der Waals surface area contributed by atoms with E-state index in [1.54, 1.807) is 0 Å². The normalized spacial score (nSPS) is 21.7. The van der Waals surface area contributed by atoms with Gasteiger partial charge in [-0.2, -0.15) is 0 Å². The molecule has 0 bridgehead atoms. The first kappa shape index (κ1) is 16.9. The Labute approximate surface area is 135 Å². The minimum absolute atomic E-state index is 0.0707. The minimum atomic E-state index is -0.176. The van der Waals surface area contributed by atoms with E-state index in [0.717, 1.165) is 24.3 Å². The molecule has 0 aliphatic carbocycles. The Kier molecular flexibility index (Phi) is 5.88. The predicted molar refractivity (Wildman–Crippen MR) is 86.8 cm³/mol. The molecule has 1 saturated heterocycles. The molecule has 1 aliphatic rings. The van der Waals surface area contributed by atoms with Crippen molar-refractivity contribution < 1.29 is 9.59 Å². The number of piperidine rings is 1. The van der Waals surface area contributed by atoms with Crippen molar-refractivity contribution in [3.63, 3.8) is 0 Å². The second kappa shape index (κ2) is 7.67. The SMILES string of the molecule is CCc1nnc(NC(=O)CCC(=O)N2[C@H](C)CCC[C@@H]2C)s1. The van der Waals surface area contributed by atoms with Gasteiger partial charge in [0.25, 0.3) is 0 Å². The number of amides is 2. The molecule has 1 fully saturated rings. The number of rotatable bonds is 5. The Morgan fingerprint density at radius 3 is 2.50 bits per heavy atom. The summed E-state index contributed by atoms with van der Waals surface area (Å²) in [4.78, 5) is 26.2. The maximum absolute atomic E-state index is 12.3. The molecule has 1 aromatic rings. The number of anilines is 1. The van der Waals surface area contributed by atoms with Gasteiger partial charge in [-0.25, -0.2) is 0 Å². The van der Waals surface area contributed by atoms with E-state index in [9.17, 15) is 9.59 Å². The fourth-order valence-electron chi connectivity index (χ4n) is 2.89. The quantitative estimate of drug-likeness (QED) is 0.903. The lowest BCUT2D eigenvalue weighted by Gasteiger charge is -2.39. The van der Waals surface area contributed by atoms with Crippen LogP contribution in [0, 0.1) is 0 Å². The van der Waals surface area contributed by atoms with Gasteiger partial charge in [-0.15, -0.1) is 10.2 Å². The average molecular weight is 324 g/mol. The van der Waals surface area contributed by atoms with E-state index in [1.165, 1.54) is 17.8 Å². The van der Waals surface area contributed by atoms with Gasteiger partial charge in [0.15, 0.2) is 0 Å². The third-order valence-corrected chi connectivity index (χ3v) is 5.05. The number of hydrogen-bond donors (Lipinski definition) is 1. The van der Waals surface area contributed by atoms with Crippen LogP contribution in [0.25, 0.3) is 0 Å². The zero-order valence-corrected chi connectivity index (χ0v) is 14.3. The molecule has 22 heavy (non-hydrogen) atoms. The lowest BCUT2D eigenvalue weighted by molar-refractivity contribution is -0.138. The molecule has 122 valence electrons. The summed E-state index contributed by atoms with van der Waals surface area (Å²) in [7, 11) is 0.